The smallest absolute Gasteiger partial charge is 0.420 e. The molecule has 0 aliphatic heterocycles. The zero-order valence-electron chi connectivity index (χ0n) is 12.8. The van der Waals surface area contributed by atoms with E-state index < -0.39 is 46.1 Å². The van der Waals surface area contributed by atoms with Crippen molar-refractivity contribution >= 4 is 31.9 Å². The zero-order chi connectivity index (χ0) is 19.9. The number of halogens is 9. The molecule has 0 spiro atoms. The second-order valence-corrected chi connectivity index (χ2v) is 6.96. The van der Waals surface area contributed by atoms with Gasteiger partial charge in [0.05, 0.1) is 20.1 Å². The highest BCUT2D eigenvalue weighted by molar-refractivity contribution is 9.10. The molecule has 0 saturated heterocycles. The van der Waals surface area contributed by atoms with Crippen molar-refractivity contribution in [2.45, 2.75) is 25.9 Å². The van der Waals surface area contributed by atoms with Gasteiger partial charge in [0.15, 0.2) is 0 Å². The third-order valence-electron chi connectivity index (χ3n) is 3.33. The average Bonchev–Trinajstić information content (AvgIpc) is 2.47. The van der Waals surface area contributed by atoms with Crippen molar-refractivity contribution in [2.24, 2.45) is 0 Å². The van der Waals surface area contributed by atoms with Crippen LogP contribution >= 0.6 is 31.9 Å². The minimum Gasteiger partial charge on any atom is -0.487 e. The molecule has 0 aromatic heterocycles. The van der Waals surface area contributed by atoms with Gasteiger partial charge in [-0.15, -0.1) is 0 Å². The van der Waals surface area contributed by atoms with E-state index in [9.17, 15) is 30.7 Å². The predicted octanol–water partition coefficient (Wildman–Crippen LogP) is 7.28. The van der Waals surface area contributed by atoms with E-state index in [1.165, 1.54) is 13.0 Å². The molecule has 0 N–H and O–H groups in total. The summed E-state index contributed by atoms with van der Waals surface area (Å²) in [5.41, 5.74) is -2.28. The molecule has 0 atom stereocenters. The number of ether oxygens (including phenoxy) is 1. The lowest BCUT2D eigenvalue weighted by molar-refractivity contribution is -0.140. The van der Waals surface area contributed by atoms with Crippen molar-refractivity contribution in [1.29, 1.82) is 0 Å². The molecule has 2 aromatic carbocycles. The summed E-state index contributed by atoms with van der Waals surface area (Å²) in [6.45, 7) is 0.895. The van der Waals surface area contributed by atoms with Gasteiger partial charge in [0.25, 0.3) is 0 Å². The topological polar surface area (TPSA) is 9.23 Å². The Bertz CT molecular complexity index is 829. The highest BCUT2D eigenvalue weighted by atomic mass is 79.9. The predicted molar refractivity (Wildman–Crippen MR) is 87.3 cm³/mol. The lowest BCUT2D eigenvalue weighted by atomic mass is 10.1. The SMILES string of the molecule is Cc1cc(Br)c(OCc2ccc(C(F)(F)F)c(F)c2Br)c(C(F)(F)F)c1. The largest absolute Gasteiger partial charge is 0.487 e. The molecule has 0 saturated carbocycles. The first kappa shape index (κ1) is 21.0. The maximum atomic E-state index is 13.9. The van der Waals surface area contributed by atoms with Crippen molar-refractivity contribution in [3.63, 3.8) is 0 Å². The Morgan fingerprint density at radius 3 is 2.04 bits per heavy atom. The standard InChI is InChI=1S/C16H9Br2F7O/c1-7-4-10(16(23,24)25)14(11(17)5-7)26-6-8-2-3-9(15(20,21)22)13(19)12(8)18/h2-5H,6H2,1H3. The van der Waals surface area contributed by atoms with Crippen LogP contribution in [0.15, 0.2) is 33.2 Å². The van der Waals surface area contributed by atoms with Gasteiger partial charge in [-0.2, -0.15) is 26.3 Å². The number of hydrogen-bond donors (Lipinski definition) is 0. The average molecular weight is 510 g/mol. The molecule has 26 heavy (non-hydrogen) atoms. The molecule has 142 valence electrons. The molecule has 0 unspecified atom stereocenters. The number of benzene rings is 2. The fraction of sp³-hybridized carbons (Fsp3) is 0.250. The van der Waals surface area contributed by atoms with Gasteiger partial charge >= 0.3 is 12.4 Å². The molecule has 0 bridgehead atoms. The lowest BCUT2D eigenvalue weighted by Crippen LogP contribution is -2.12. The van der Waals surface area contributed by atoms with Crippen molar-refractivity contribution in [2.75, 3.05) is 0 Å². The fourth-order valence-electron chi connectivity index (χ4n) is 2.16. The minimum atomic E-state index is -4.89. The Labute approximate surface area is 160 Å². The summed E-state index contributed by atoms with van der Waals surface area (Å²) in [4.78, 5) is 0. The summed E-state index contributed by atoms with van der Waals surface area (Å²) in [6, 6.07) is 3.72. The van der Waals surface area contributed by atoms with Crippen LogP contribution in [0.2, 0.25) is 0 Å². The molecule has 0 aliphatic carbocycles. The molecular weight excluding hydrogens is 501 g/mol. The summed E-state index contributed by atoms with van der Waals surface area (Å²) in [5, 5.41) is 0. The van der Waals surface area contributed by atoms with Gasteiger partial charge in [-0.05, 0) is 62.5 Å². The molecule has 1 nitrogen and oxygen atoms in total. The maximum absolute atomic E-state index is 13.9. The normalized spacial score (nSPS) is 12.4. The summed E-state index contributed by atoms with van der Waals surface area (Å²) < 4.78 is 96.0. The molecule has 0 fully saturated rings. The van der Waals surface area contributed by atoms with Gasteiger partial charge < -0.3 is 4.74 Å². The Kier molecular flexibility index (Phi) is 5.96. The second kappa shape index (κ2) is 7.38. The Balaban J connectivity index is 2.38. The van der Waals surface area contributed by atoms with Crippen LogP contribution < -0.4 is 4.74 Å². The van der Waals surface area contributed by atoms with E-state index in [-0.39, 0.29) is 10.0 Å². The molecule has 0 amide bonds. The van der Waals surface area contributed by atoms with Crippen LogP contribution in [0, 0.1) is 12.7 Å². The molecule has 0 aliphatic rings. The quantitative estimate of drug-likeness (QED) is 0.395. The van der Waals surface area contributed by atoms with E-state index in [2.05, 4.69) is 31.9 Å². The summed E-state index contributed by atoms with van der Waals surface area (Å²) in [6.07, 6.45) is -9.60. The van der Waals surface area contributed by atoms with Crippen LogP contribution in [0.5, 0.6) is 5.75 Å². The number of alkyl halides is 6. The van der Waals surface area contributed by atoms with E-state index in [1.807, 2.05) is 0 Å². The van der Waals surface area contributed by atoms with Gasteiger partial charge in [0.1, 0.15) is 18.2 Å². The van der Waals surface area contributed by atoms with E-state index in [0.717, 1.165) is 12.1 Å². The van der Waals surface area contributed by atoms with Crippen LogP contribution in [0.4, 0.5) is 30.7 Å². The van der Waals surface area contributed by atoms with E-state index in [1.54, 1.807) is 0 Å². The zero-order valence-corrected chi connectivity index (χ0v) is 16.0. The third kappa shape index (κ3) is 4.51. The van der Waals surface area contributed by atoms with Gasteiger partial charge in [0, 0.05) is 5.56 Å². The molecule has 0 heterocycles. The molecule has 2 aromatic rings. The van der Waals surface area contributed by atoms with E-state index in [4.69, 9.17) is 4.74 Å². The van der Waals surface area contributed by atoms with Crippen LogP contribution in [-0.4, -0.2) is 0 Å². The van der Waals surface area contributed by atoms with Crippen molar-refractivity contribution < 1.29 is 35.5 Å². The van der Waals surface area contributed by atoms with Crippen molar-refractivity contribution in [3.05, 3.63) is 61.3 Å². The molecule has 10 heteroatoms. The molecular formula is C16H9Br2F7O. The first-order valence-electron chi connectivity index (χ1n) is 6.86. The number of hydrogen-bond acceptors (Lipinski definition) is 1. The van der Waals surface area contributed by atoms with E-state index >= 15 is 0 Å². The van der Waals surface area contributed by atoms with E-state index in [0.29, 0.717) is 11.6 Å². The minimum absolute atomic E-state index is 0.0216. The van der Waals surface area contributed by atoms with Gasteiger partial charge in [-0.25, -0.2) is 4.39 Å². The Morgan fingerprint density at radius 1 is 0.923 bits per heavy atom. The van der Waals surface area contributed by atoms with Crippen molar-refractivity contribution in [1.82, 2.24) is 0 Å². The first-order valence-corrected chi connectivity index (χ1v) is 8.45. The Hall–Kier alpha value is -1.29. The summed E-state index contributed by atoms with van der Waals surface area (Å²) >= 11 is 5.67. The van der Waals surface area contributed by atoms with Gasteiger partial charge in [0.2, 0.25) is 0 Å². The highest BCUT2D eigenvalue weighted by Crippen LogP contribution is 2.42. The van der Waals surface area contributed by atoms with Crippen LogP contribution in [0.25, 0.3) is 0 Å². The number of aryl methyl sites for hydroxylation is 1. The first-order chi connectivity index (χ1) is 11.8. The lowest BCUT2D eigenvalue weighted by Gasteiger charge is -2.18. The van der Waals surface area contributed by atoms with Crippen LogP contribution in [0.1, 0.15) is 22.3 Å². The van der Waals surface area contributed by atoms with Gasteiger partial charge in [-0.3, -0.25) is 0 Å². The number of rotatable bonds is 3. The van der Waals surface area contributed by atoms with Crippen LogP contribution in [0.3, 0.4) is 0 Å². The third-order valence-corrected chi connectivity index (χ3v) is 4.78. The molecule has 2 rings (SSSR count). The fourth-order valence-corrected chi connectivity index (χ4v) is 3.31. The van der Waals surface area contributed by atoms with Crippen LogP contribution in [-0.2, 0) is 19.0 Å². The monoisotopic (exact) mass is 508 g/mol. The van der Waals surface area contributed by atoms with Gasteiger partial charge in [-0.1, -0.05) is 6.07 Å². The summed E-state index contributed by atoms with van der Waals surface area (Å²) in [5.74, 6) is -2.09. The van der Waals surface area contributed by atoms with Crippen molar-refractivity contribution in [3.8, 4) is 5.75 Å². The highest BCUT2D eigenvalue weighted by Gasteiger charge is 2.37. The molecule has 0 radical (unpaired) electrons. The summed E-state index contributed by atoms with van der Waals surface area (Å²) in [7, 11) is 0. The second-order valence-electron chi connectivity index (χ2n) is 5.31. The maximum Gasteiger partial charge on any atom is 0.420 e. The Morgan fingerprint density at radius 2 is 1.50 bits per heavy atom.